The van der Waals surface area contributed by atoms with Crippen LogP contribution in [-0.2, 0) is 4.79 Å². The van der Waals surface area contributed by atoms with Gasteiger partial charge in [-0.3, -0.25) is 10.0 Å². The van der Waals surface area contributed by atoms with Crippen molar-refractivity contribution in [3.8, 4) is 0 Å². The van der Waals surface area contributed by atoms with E-state index >= 15 is 0 Å². The third kappa shape index (κ3) is 3.38. The number of nitrogens with zero attached hydrogens (tertiary/aromatic N) is 2. The molecule has 0 aromatic carbocycles. The molecule has 5 heteroatoms. The van der Waals surface area contributed by atoms with Crippen molar-refractivity contribution in [2.45, 2.75) is 0 Å². The number of nitrogens with one attached hydrogen (secondary N) is 1. The Kier molecular flexibility index (Phi) is 3.49. The summed E-state index contributed by atoms with van der Waals surface area (Å²) < 4.78 is 0. The van der Waals surface area contributed by atoms with Gasteiger partial charge in [-0.2, -0.15) is 0 Å². The number of rotatable bonds is 2. The van der Waals surface area contributed by atoms with Crippen molar-refractivity contribution >= 4 is 21.8 Å². The van der Waals surface area contributed by atoms with Gasteiger partial charge in [-0.05, 0) is 0 Å². The number of hydrogen-bond donors (Lipinski definition) is 1. The predicted molar refractivity (Wildman–Crippen MR) is 27.7 cm³/mol. The van der Waals surface area contributed by atoms with Gasteiger partial charge >= 0.3 is 0 Å². The molecule has 0 atom stereocenters. The quantitative estimate of drug-likeness (QED) is 0.360. The fraction of sp³-hybridized carbons (Fsp3) is 0.500. The van der Waals surface area contributed by atoms with Crippen molar-refractivity contribution in [1.29, 1.82) is 0 Å². The van der Waals surface area contributed by atoms with E-state index in [1.807, 2.05) is 0 Å². The lowest BCUT2D eigenvalue weighted by molar-refractivity contribution is -0.118. The van der Waals surface area contributed by atoms with E-state index in [1.165, 1.54) is 0 Å². The normalized spacial score (nSPS) is 7.57. The lowest BCUT2D eigenvalue weighted by atomic mass is 10.8. The number of alkyl halides is 1. The summed E-state index contributed by atoms with van der Waals surface area (Å²) in [4.78, 5) is 10.0. The van der Waals surface area contributed by atoms with Gasteiger partial charge in [0.1, 0.15) is 0 Å². The highest BCUT2D eigenvalue weighted by atomic mass is 79.9. The van der Waals surface area contributed by atoms with Crippen molar-refractivity contribution in [3.05, 3.63) is 5.53 Å². The summed E-state index contributed by atoms with van der Waals surface area (Å²) in [6, 6.07) is 0. The molecule has 0 rings (SSSR count). The van der Waals surface area contributed by atoms with Crippen LogP contribution < -0.4 is 5.43 Å². The molecular formula is C2H3BrN3O-. The fourth-order valence-electron chi connectivity index (χ4n) is 0.0856. The molecule has 0 saturated carbocycles. The van der Waals surface area contributed by atoms with Crippen LogP contribution in [0.2, 0.25) is 0 Å². The maximum absolute atomic E-state index is 10.0. The maximum atomic E-state index is 10.0. The van der Waals surface area contributed by atoms with Crippen LogP contribution in [0.1, 0.15) is 0 Å². The Morgan fingerprint density at radius 2 is 2.57 bits per heavy atom. The second-order valence-electron chi connectivity index (χ2n) is 0.769. The molecule has 0 fully saturated rings. The highest BCUT2D eigenvalue weighted by Crippen LogP contribution is 1.76. The van der Waals surface area contributed by atoms with Crippen molar-refractivity contribution in [2.75, 3.05) is 5.33 Å². The zero-order valence-corrected chi connectivity index (χ0v) is 4.97. The Labute approximate surface area is 48.9 Å². The lowest BCUT2D eigenvalue weighted by Crippen LogP contribution is -2.16. The van der Waals surface area contributed by atoms with Crippen LogP contribution in [0.5, 0.6) is 0 Å². The van der Waals surface area contributed by atoms with E-state index in [-0.39, 0.29) is 11.2 Å². The van der Waals surface area contributed by atoms with Gasteiger partial charge in [0.2, 0.25) is 0 Å². The summed E-state index contributed by atoms with van der Waals surface area (Å²) in [5, 5.41) is 2.53. The highest BCUT2D eigenvalue weighted by Gasteiger charge is 1.82. The van der Waals surface area contributed by atoms with Crippen LogP contribution in [0.15, 0.2) is 5.22 Å². The first-order valence-corrected chi connectivity index (χ1v) is 2.62. The first-order valence-electron chi connectivity index (χ1n) is 1.50. The van der Waals surface area contributed by atoms with Gasteiger partial charge in [0, 0.05) is 0 Å². The molecule has 0 unspecified atom stereocenters. The van der Waals surface area contributed by atoms with E-state index in [0.717, 1.165) is 0 Å². The van der Waals surface area contributed by atoms with Crippen molar-refractivity contribution in [1.82, 2.24) is 5.43 Å². The van der Waals surface area contributed by atoms with Crippen LogP contribution in [-0.4, -0.2) is 11.2 Å². The summed E-state index contributed by atoms with van der Waals surface area (Å²) >= 11 is 2.83. The van der Waals surface area contributed by atoms with Gasteiger partial charge in [0.05, 0.1) is 5.33 Å². The van der Waals surface area contributed by atoms with Gasteiger partial charge in [0.15, 0.2) is 5.91 Å². The molecule has 0 aliphatic rings. The summed E-state index contributed by atoms with van der Waals surface area (Å²) in [7, 11) is 0. The largest absolute Gasteiger partial charge is 0.362 e. The molecule has 0 spiro atoms. The van der Waals surface area contributed by atoms with Crippen molar-refractivity contribution < 1.29 is 4.79 Å². The number of hydrogen-bond acceptors (Lipinski definition) is 2. The van der Waals surface area contributed by atoms with Crippen molar-refractivity contribution in [3.63, 3.8) is 0 Å². The zero-order valence-electron chi connectivity index (χ0n) is 3.39. The van der Waals surface area contributed by atoms with E-state index in [1.54, 1.807) is 5.43 Å². The number of carbonyl (C=O) groups excluding carboxylic acids is 1. The Balaban J connectivity index is 3.17. The minimum absolute atomic E-state index is 0.150. The molecule has 0 aromatic rings. The second-order valence-corrected chi connectivity index (χ2v) is 1.33. The Morgan fingerprint density at radius 1 is 2.00 bits per heavy atom. The molecule has 0 aliphatic heterocycles. The lowest BCUT2D eigenvalue weighted by Gasteiger charge is -1.96. The monoisotopic (exact) mass is 164 g/mol. The van der Waals surface area contributed by atoms with Gasteiger partial charge in [0.25, 0.3) is 0 Å². The first kappa shape index (κ1) is 6.55. The number of halogens is 1. The predicted octanol–water partition coefficient (Wildman–Crippen LogP) is 0.434. The topological polar surface area (TPSA) is 63.8 Å². The first-order chi connectivity index (χ1) is 3.31. The average Bonchev–Trinajstić information content (AvgIpc) is 1.68. The van der Waals surface area contributed by atoms with Crippen LogP contribution in [0.4, 0.5) is 0 Å². The summed E-state index contributed by atoms with van der Waals surface area (Å²) in [5.74, 6) is -0.373. The molecule has 0 radical (unpaired) electrons. The molecular weight excluding hydrogens is 162 g/mol. The van der Waals surface area contributed by atoms with E-state index in [2.05, 4.69) is 21.2 Å². The summed E-state index contributed by atoms with van der Waals surface area (Å²) in [6.45, 7) is 0. The van der Waals surface area contributed by atoms with Gasteiger partial charge in [-0.15, -0.1) is 0 Å². The fourth-order valence-corrected chi connectivity index (χ4v) is 0.211. The highest BCUT2D eigenvalue weighted by molar-refractivity contribution is 9.09. The zero-order chi connectivity index (χ0) is 5.70. The molecule has 1 N–H and O–H groups in total. The Morgan fingerprint density at radius 3 is 2.71 bits per heavy atom. The van der Waals surface area contributed by atoms with Gasteiger partial charge in [-0.25, -0.2) is 0 Å². The van der Waals surface area contributed by atoms with Crippen LogP contribution in [0.3, 0.4) is 0 Å². The van der Waals surface area contributed by atoms with Crippen LogP contribution in [0.25, 0.3) is 5.53 Å². The Hall–Kier alpha value is -0.450. The molecule has 7 heavy (non-hydrogen) atoms. The molecule has 4 nitrogen and oxygen atoms in total. The Bertz CT molecular complexity index is 83.0. The van der Waals surface area contributed by atoms with E-state index in [9.17, 15) is 4.79 Å². The molecule has 0 aromatic heterocycles. The molecule has 0 aliphatic carbocycles. The molecule has 0 heterocycles. The van der Waals surface area contributed by atoms with Crippen LogP contribution >= 0.6 is 15.9 Å². The minimum atomic E-state index is -0.373. The number of carbonyl (C=O) groups is 1. The van der Waals surface area contributed by atoms with Crippen LogP contribution in [0, 0.1) is 0 Å². The standard InChI is InChI=1S/C2H3BrN3O/c3-1-2(7)5-6-4/h1H2,(H-,4,5,7)/q-1. The van der Waals surface area contributed by atoms with Gasteiger partial charge < -0.3 is 11.0 Å². The molecule has 1 amide bonds. The van der Waals surface area contributed by atoms with Gasteiger partial charge in [-0.1, -0.05) is 15.9 Å². The summed E-state index contributed by atoms with van der Waals surface area (Å²) in [6.07, 6.45) is 0. The molecule has 0 bridgehead atoms. The van der Waals surface area contributed by atoms with Crippen molar-refractivity contribution in [2.24, 2.45) is 5.22 Å². The summed E-state index contributed by atoms with van der Waals surface area (Å²) in [5.41, 5.74) is 9.43. The smallest absolute Gasteiger partial charge is 0.168 e. The third-order valence-electron chi connectivity index (χ3n) is 0.296. The number of amides is 1. The maximum Gasteiger partial charge on any atom is 0.168 e. The molecule has 0 saturated heterocycles. The molecule has 40 valence electrons. The second kappa shape index (κ2) is 3.73. The third-order valence-corrected chi connectivity index (χ3v) is 0.805. The van der Waals surface area contributed by atoms with E-state index in [0.29, 0.717) is 0 Å². The van der Waals surface area contributed by atoms with E-state index < -0.39 is 0 Å². The van der Waals surface area contributed by atoms with E-state index in [4.69, 9.17) is 5.53 Å². The minimum Gasteiger partial charge on any atom is -0.362 e. The average molecular weight is 165 g/mol. The SMILES string of the molecule is [N-]=NNC(=O)CBr.